The highest BCUT2D eigenvalue weighted by Gasteiger charge is 2.27. The minimum atomic E-state index is -4.18. The fourth-order valence-corrected chi connectivity index (χ4v) is 2.50. The molecule has 2 aromatic heterocycles. The molecule has 9 heteroatoms. The van der Waals surface area contributed by atoms with Gasteiger partial charge >= 0.3 is 5.97 Å². The molecule has 0 aromatic carbocycles. The highest BCUT2D eigenvalue weighted by molar-refractivity contribution is 7.89. The highest BCUT2D eigenvalue weighted by Crippen LogP contribution is 2.18. The minimum absolute atomic E-state index is 0.238. The first-order valence-corrected chi connectivity index (χ1v) is 7.02. The number of hydrogen-bond donors (Lipinski definition) is 1. The van der Waals surface area contributed by atoms with Crippen LogP contribution in [0.2, 0.25) is 0 Å². The first kappa shape index (κ1) is 14.2. The number of aromatic nitrogens is 3. The Labute approximate surface area is 115 Å². The first-order chi connectivity index (χ1) is 9.34. The van der Waals surface area contributed by atoms with Gasteiger partial charge in [-0.2, -0.15) is 5.10 Å². The van der Waals surface area contributed by atoms with Crippen LogP contribution >= 0.6 is 0 Å². The molecule has 20 heavy (non-hydrogen) atoms. The summed E-state index contributed by atoms with van der Waals surface area (Å²) in [6, 6.07) is 4.98. The van der Waals surface area contributed by atoms with Gasteiger partial charge in [-0.1, -0.05) is 6.07 Å². The summed E-state index contributed by atoms with van der Waals surface area (Å²) in [7, 11) is -3.04. The van der Waals surface area contributed by atoms with E-state index in [0.717, 1.165) is 18.0 Å². The second-order valence-corrected chi connectivity index (χ2v) is 5.43. The number of methoxy groups -OCH3 is 1. The summed E-state index contributed by atoms with van der Waals surface area (Å²) < 4.78 is 28.9. The fourth-order valence-electron chi connectivity index (χ4n) is 1.67. The Balaban J connectivity index is 2.73. The number of rotatable bonds is 3. The van der Waals surface area contributed by atoms with Crippen LogP contribution in [0.4, 0.5) is 0 Å². The largest absolute Gasteiger partial charge is 0.465 e. The van der Waals surface area contributed by atoms with Crippen LogP contribution in [0.5, 0.6) is 0 Å². The Morgan fingerprint density at radius 3 is 2.65 bits per heavy atom. The lowest BCUT2D eigenvalue weighted by Gasteiger charge is -2.06. The Morgan fingerprint density at radius 2 is 2.10 bits per heavy atom. The van der Waals surface area contributed by atoms with Gasteiger partial charge in [0.15, 0.2) is 10.8 Å². The van der Waals surface area contributed by atoms with E-state index in [2.05, 4.69) is 14.8 Å². The summed E-state index contributed by atoms with van der Waals surface area (Å²) in [6.07, 6.45) is 1.08. The van der Waals surface area contributed by atoms with Crippen molar-refractivity contribution in [2.24, 2.45) is 5.14 Å². The molecule has 0 radical (unpaired) electrons. The molecule has 0 amide bonds. The van der Waals surface area contributed by atoms with Crippen LogP contribution in [0.15, 0.2) is 29.4 Å². The van der Waals surface area contributed by atoms with E-state index in [0.29, 0.717) is 5.69 Å². The van der Waals surface area contributed by atoms with E-state index in [1.807, 2.05) is 0 Å². The molecule has 0 saturated heterocycles. The van der Waals surface area contributed by atoms with Gasteiger partial charge in [-0.05, 0) is 19.1 Å². The lowest BCUT2D eigenvalue weighted by atomic mass is 10.3. The number of nitrogens with zero attached hydrogens (tertiary/aromatic N) is 3. The minimum Gasteiger partial charge on any atom is -0.465 e. The van der Waals surface area contributed by atoms with Gasteiger partial charge in [0, 0.05) is 5.69 Å². The van der Waals surface area contributed by atoms with E-state index in [1.165, 1.54) is 0 Å². The maximum atomic E-state index is 11.7. The van der Waals surface area contributed by atoms with Crippen molar-refractivity contribution in [1.29, 1.82) is 0 Å². The monoisotopic (exact) mass is 296 g/mol. The molecule has 2 rings (SSSR count). The third kappa shape index (κ3) is 2.53. The number of sulfonamides is 1. The molecule has 0 atom stereocenters. The molecule has 0 aliphatic rings. The standard InChI is InChI=1S/C11H12N4O4S/c1-7-4-3-5-9(14-7)15-10(20(12,17)18)8(6-13-15)11(16)19-2/h3-6H,1-2H3,(H2,12,17,18). The number of pyridine rings is 1. The number of esters is 1. The average molecular weight is 296 g/mol. The van der Waals surface area contributed by atoms with Gasteiger partial charge in [-0.3, -0.25) is 0 Å². The zero-order chi connectivity index (χ0) is 14.9. The van der Waals surface area contributed by atoms with Crippen LogP contribution < -0.4 is 5.14 Å². The average Bonchev–Trinajstić information content (AvgIpc) is 2.82. The molecule has 0 bridgehead atoms. The second kappa shape index (κ2) is 5.02. The van der Waals surface area contributed by atoms with Crippen LogP contribution in [0.1, 0.15) is 16.1 Å². The zero-order valence-electron chi connectivity index (χ0n) is 10.8. The normalized spacial score (nSPS) is 11.3. The maximum Gasteiger partial charge on any atom is 0.342 e. The SMILES string of the molecule is COC(=O)c1cnn(-c2cccc(C)n2)c1S(N)(=O)=O. The molecule has 0 aliphatic heterocycles. The third-order valence-electron chi connectivity index (χ3n) is 2.49. The van der Waals surface area contributed by atoms with Crippen LogP contribution in [0.25, 0.3) is 5.82 Å². The Kier molecular flexibility index (Phi) is 3.55. The second-order valence-electron chi connectivity index (χ2n) is 3.95. The molecule has 0 aliphatic carbocycles. The van der Waals surface area contributed by atoms with E-state index in [1.54, 1.807) is 25.1 Å². The quantitative estimate of drug-likeness (QED) is 0.797. The van der Waals surface area contributed by atoms with Crippen molar-refractivity contribution in [3.05, 3.63) is 35.7 Å². The van der Waals surface area contributed by atoms with Gasteiger partial charge in [0.25, 0.3) is 10.0 Å². The molecule has 0 fully saturated rings. The number of carbonyl (C=O) groups is 1. The van der Waals surface area contributed by atoms with Crippen LogP contribution in [0, 0.1) is 6.92 Å². The molecule has 0 unspecified atom stereocenters. The molecule has 2 heterocycles. The molecule has 2 N–H and O–H groups in total. The number of nitrogens with two attached hydrogens (primary N) is 1. The van der Waals surface area contributed by atoms with Crippen molar-refractivity contribution in [1.82, 2.24) is 14.8 Å². The predicted molar refractivity (Wildman–Crippen MR) is 68.8 cm³/mol. The number of primary sulfonamides is 1. The topological polar surface area (TPSA) is 117 Å². The summed E-state index contributed by atoms with van der Waals surface area (Å²) in [5, 5.41) is 8.55. The van der Waals surface area contributed by atoms with Crippen molar-refractivity contribution in [2.75, 3.05) is 7.11 Å². The first-order valence-electron chi connectivity index (χ1n) is 5.47. The smallest absolute Gasteiger partial charge is 0.342 e. The lowest BCUT2D eigenvalue weighted by Crippen LogP contribution is -2.21. The molecule has 0 saturated carbocycles. The molecule has 8 nitrogen and oxygen atoms in total. The predicted octanol–water partition coefficient (Wildman–Crippen LogP) is 0.00972. The van der Waals surface area contributed by atoms with Crippen molar-refractivity contribution < 1.29 is 17.9 Å². The van der Waals surface area contributed by atoms with Crippen molar-refractivity contribution in [3.8, 4) is 5.82 Å². The van der Waals surface area contributed by atoms with Gasteiger partial charge in [0.2, 0.25) is 0 Å². The van der Waals surface area contributed by atoms with E-state index in [-0.39, 0.29) is 11.4 Å². The zero-order valence-corrected chi connectivity index (χ0v) is 11.6. The summed E-state index contributed by atoms with van der Waals surface area (Å²) in [5.74, 6) is -0.600. The molecule has 106 valence electrons. The van der Waals surface area contributed by atoms with Gasteiger partial charge < -0.3 is 4.74 Å². The Hall–Kier alpha value is -2.26. The van der Waals surface area contributed by atoms with Gasteiger partial charge in [-0.25, -0.2) is 28.0 Å². The van der Waals surface area contributed by atoms with Crippen LogP contribution in [-0.2, 0) is 14.8 Å². The van der Waals surface area contributed by atoms with Crippen molar-refractivity contribution >= 4 is 16.0 Å². The van der Waals surface area contributed by atoms with Crippen molar-refractivity contribution in [3.63, 3.8) is 0 Å². The molecule has 2 aromatic rings. The van der Waals surface area contributed by atoms with E-state index < -0.39 is 21.0 Å². The highest BCUT2D eigenvalue weighted by atomic mass is 32.2. The number of carbonyl (C=O) groups excluding carboxylic acids is 1. The fraction of sp³-hybridized carbons (Fsp3) is 0.182. The summed E-state index contributed by atoms with van der Waals surface area (Å²) >= 11 is 0. The Morgan fingerprint density at radius 1 is 1.40 bits per heavy atom. The molecular formula is C11H12N4O4S. The van der Waals surface area contributed by atoms with Gasteiger partial charge in [0.1, 0.15) is 5.56 Å². The number of hydrogen-bond acceptors (Lipinski definition) is 6. The van der Waals surface area contributed by atoms with Crippen molar-refractivity contribution in [2.45, 2.75) is 11.9 Å². The Bertz CT molecular complexity index is 766. The lowest BCUT2D eigenvalue weighted by molar-refractivity contribution is 0.0596. The molecular weight excluding hydrogens is 284 g/mol. The van der Waals surface area contributed by atoms with Gasteiger partial charge in [0.05, 0.1) is 13.3 Å². The van der Waals surface area contributed by atoms with E-state index in [9.17, 15) is 13.2 Å². The molecule has 0 spiro atoms. The number of ether oxygens (including phenoxy) is 1. The van der Waals surface area contributed by atoms with Gasteiger partial charge in [-0.15, -0.1) is 0 Å². The van der Waals surface area contributed by atoms with Crippen LogP contribution in [0.3, 0.4) is 0 Å². The number of aryl methyl sites for hydroxylation is 1. The van der Waals surface area contributed by atoms with E-state index in [4.69, 9.17) is 5.14 Å². The van der Waals surface area contributed by atoms with E-state index >= 15 is 0 Å². The summed E-state index contributed by atoms with van der Waals surface area (Å²) in [6.45, 7) is 1.74. The summed E-state index contributed by atoms with van der Waals surface area (Å²) in [4.78, 5) is 15.7. The van der Waals surface area contributed by atoms with Crippen LogP contribution in [-0.4, -0.2) is 36.3 Å². The maximum absolute atomic E-state index is 11.7. The third-order valence-corrected chi connectivity index (χ3v) is 3.42. The summed E-state index contributed by atoms with van der Waals surface area (Å²) in [5.41, 5.74) is 0.427.